The normalized spacial score (nSPS) is 14.1. The Morgan fingerprint density at radius 1 is 1.00 bits per heavy atom. The molecule has 2 heterocycles. The number of benzene rings is 2. The van der Waals surface area contributed by atoms with Gasteiger partial charge in [0, 0.05) is 55.6 Å². The van der Waals surface area contributed by atoms with Crippen LogP contribution in [0.3, 0.4) is 0 Å². The number of piperazine rings is 1. The van der Waals surface area contributed by atoms with Crippen molar-refractivity contribution in [2.75, 3.05) is 31.1 Å². The Morgan fingerprint density at radius 2 is 1.71 bits per heavy atom. The molecule has 9 heteroatoms. The average molecular weight is 475 g/mol. The lowest BCUT2D eigenvalue weighted by atomic mass is 10.1. The summed E-state index contributed by atoms with van der Waals surface area (Å²) in [5.41, 5.74) is 3.56. The number of furan rings is 1. The molecule has 0 unspecified atom stereocenters. The molecule has 0 atom stereocenters. The van der Waals surface area contributed by atoms with Crippen LogP contribution in [0.4, 0.5) is 11.4 Å². The van der Waals surface area contributed by atoms with Crippen molar-refractivity contribution in [1.29, 1.82) is 0 Å². The highest BCUT2D eigenvalue weighted by Gasteiger charge is 2.26. The standard InChI is InChI=1S/C26H26N4O5/c1-18-5-6-20(16-19(18)2)25(31)27-24(17-23-4-3-15-35-23)26(32)29-13-11-28(12-14-29)21-7-9-22(10-8-21)30(33)34/h3-10,15-17H,11-14H2,1-2H3,(H,27,31)/b24-17+. The molecule has 3 aromatic rings. The lowest BCUT2D eigenvalue weighted by Crippen LogP contribution is -2.50. The first-order chi connectivity index (χ1) is 16.8. The number of anilines is 1. The van der Waals surface area contributed by atoms with E-state index in [-0.39, 0.29) is 23.2 Å². The summed E-state index contributed by atoms with van der Waals surface area (Å²) < 4.78 is 5.37. The third-order valence-electron chi connectivity index (χ3n) is 6.07. The Bertz CT molecular complexity index is 1260. The molecule has 9 nitrogen and oxygen atoms in total. The summed E-state index contributed by atoms with van der Waals surface area (Å²) in [5, 5.41) is 13.7. The van der Waals surface area contributed by atoms with Crippen LogP contribution in [0, 0.1) is 24.0 Å². The number of non-ortho nitro benzene ring substituents is 1. The van der Waals surface area contributed by atoms with Crippen LogP contribution in [-0.2, 0) is 4.79 Å². The molecule has 180 valence electrons. The van der Waals surface area contributed by atoms with Crippen molar-refractivity contribution >= 4 is 29.3 Å². The van der Waals surface area contributed by atoms with Crippen LogP contribution in [0.5, 0.6) is 0 Å². The third-order valence-corrected chi connectivity index (χ3v) is 6.07. The lowest BCUT2D eigenvalue weighted by Gasteiger charge is -2.36. The molecule has 4 rings (SSSR count). The highest BCUT2D eigenvalue weighted by atomic mass is 16.6. The first kappa shape index (κ1) is 23.7. The number of hydrogen-bond donors (Lipinski definition) is 1. The Hall–Kier alpha value is -4.40. The van der Waals surface area contributed by atoms with Gasteiger partial charge in [0.05, 0.1) is 11.2 Å². The Labute approximate surface area is 202 Å². The summed E-state index contributed by atoms with van der Waals surface area (Å²) in [6, 6.07) is 15.2. The van der Waals surface area contributed by atoms with E-state index in [4.69, 9.17) is 4.42 Å². The van der Waals surface area contributed by atoms with Crippen molar-refractivity contribution in [1.82, 2.24) is 10.2 Å². The zero-order chi connectivity index (χ0) is 24.9. The van der Waals surface area contributed by atoms with Crippen LogP contribution in [0.2, 0.25) is 0 Å². The summed E-state index contributed by atoms with van der Waals surface area (Å²) >= 11 is 0. The molecule has 1 aliphatic heterocycles. The number of nitrogens with zero attached hydrogens (tertiary/aromatic N) is 3. The zero-order valence-electron chi connectivity index (χ0n) is 19.6. The maximum absolute atomic E-state index is 13.4. The molecule has 1 fully saturated rings. The number of nitro groups is 1. The zero-order valence-corrected chi connectivity index (χ0v) is 19.6. The van der Waals surface area contributed by atoms with Gasteiger partial charge in [0.15, 0.2) is 0 Å². The van der Waals surface area contributed by atoms with Crippen molar-refractivity contribution in [3.05, 3.63) is 99.1 Å². The van der Waals surface area contributed by atoms with Crippen LogP contribution < -0.4 is 10.2 Å². The molecule has 2 aromatic carbocycles. The van der Waals surface area contributed by atoms with E-state index in [9.17, 15) is 19.7 Å². The molecule has 0 spiro atoms. The topological polar surface area (TPSA) is 109 Å². The van der Waals surface area contributed by atoms with Crippen LogP contribution in [0.15, 0.2) is 71.0 Å². The minimum atomic E-state index is -0.431. The van der Waals surface area contributed by atoms with Crippen LogP contribution in [0.1, 0.15) is 27.2 Å². The molecular formula is C26H26N4O5. The van der Waals surface area contributed by atoms with Gasteiger partial charge in [0.25, 0.3) is 17.5 Å². The van der Waals surface area contributed by atoms with Gasteiger partial charge in [0.1, 0.15) is 11.5 Å². The summed E-state index contributed by atoms with van der Waals surface area (Å²) in [7, 11) is 0. The van der Waals surface area contributed by atoms with Crippen molar-refractivity contribution < 1.29 is 18.9 Å². The fourth-order valence-corrected chi connectivity index (χ4v) is 3.87. The molecule has 0 bridgehead atoms. The maximum Gasteiger partial charge on any atom is 0.270 e. The minimum Gasteiger partial charge on any atom is -0.465 e. The molecule has 1 aliphatic rings. The molecule has 1 saturated heterocycles. The molecule has 1 N–H and O–H groups in total. The van der Waals surface area contributed by atoms with E-state index in [1.54, 1.807) is 41.3 Å². The highest BCUT2D eigenvalue weighted by Crippen LogP contribution is 2.21. The number of aryl methyl sites for hydroxylation is 2. The second kappa shape index (κ2) is 10.3. The van der Waals surface area contributed by atoms with Crippen molar-refractivity contribution in [2.24, 2.45) is 0 Å². The first-order valence-corrected chi connectivity index (χ1v) is 11.2. The molecule has 0 saturated carbocycles. The van der Waals surface area contributed by atoms with E-state index in [1.165, 1.54) is 24.5 Å². The van der Waals surface area contributed by atoms with E-state index in [2.05, 4.69) is 10.2 Å². The molecule has 2 amide bonds. The van der Waals surface area contributed by atoms with E-state index < -0.39 is 4.92 Å². The predicted molar refractivity (Wildman–Crippen MR) is 132 cm³/mol. The van der Waals surface area contributed by atoms with Gasteiger partial charge in [-0.2, -0.15) is 0 Å². The van der Waals surface area contributed by atoms with Gasteiger partial charge >= 0.3 is 0 Å². The number of nitro benzene ring substituents is 1. The molecular weight excluding hydrogens is 448 g/mol. The van der Waals surface area contributed by atoms with E-state index in [0.29, 0.717) is 37.5 Å². The summed E-state index contributed by atoms with van der Waals surface area (Å²) in [4.78, 5) is 40.5. The van der Waals surface area contributed by atoms with Crippen molar-refractivity contribution in [3.8, 4) is 0 Å². The fraction of sp³-hybridized carbons (Fsp3) is 0.231. The quantitative estimate of drug-likeness (QED) is 0.329. The van der Waals surface area contributed by atoms with Gasteiger partial charge in [-0.3, -0.25) is 19.7 Å². The molecule has 0 radical (unpaired) electrons. The molecule has 35 heavy (non-hydrogen) atoms. The second-order valence-corrected chi connectivity index (χ2v) is 8.38. The largest absolute Gasteiger partial charge is 0.465 e. The van der Waals surface area contributed by atoms with Crippen molar-refractivity contribution in [2.45, 2.75) is 13.8 Å². The number of carbonyl (C=O) groups is 2. The number of amides is 2. The van der Waals surface area contributed by atoms with Gasteiger partial charge in [-0.05, 0) is 61.4 Å². The highest BCUT2D eigenvalue weighted by molar-refractivity contribution is 6.05. The van der Waals surface area contributed by atoms with Gasteiger partial charge < -0.3 is 19.5 Å². The monoisotopic (exact) mass is 474 g/mol. The van der Waals surface area contributed by atoms with Gasteiger partial charge in [-0.25, -0.2) is 0 Å². The third kappa shape index (κ3) is 5.57. The predicted octanol–water partition coefficient (Wildman–Crippen LogP) is 3.92. The van der Waals surface area contributed by atoms with E-state index in [0.717, 1.165) is 16.8 Å². The molecule has 1 aromatic heterocycles. The van der Waals surface area contributed by atoms with E-state index >= 15 is 0 Å². The van der Waals surface area contributed by atoms with Crippen LogP contribution >= 0.6 is 0 Å². The minimum absolute atomic E-state index is 0.0368. The van der Waals surface area contributed by atoms with Crippen molar-refractivity contribution in [3.63, 3.8) is 0 Å². The van der Waals surface area contributed by atoms with E-state index in [1.807, 2.05) is 19.9 Å². The Morgan fingerprint density at radius 3 is 2.31 bits per heavy atom. The Balaban J connectivity index is 1.47. The Kier molecular flexibility index (Phi) is 6.96. The second-order valence-electron chi connectivity index (χ2n) is 8.38. The smallest absolute Gasteiger partial charge is 0.270 e. The van der Waals surface area contributed by atoms with Crippen LogP contribution in [0.25, 0.3) is 6.08 Å². The maximum atomic E-state index is 13.4. The number of carbonyl (C=O) groups excluding carboxylic acids is 2. The summed E-state index contributed by atoms with van der Waals surface area (Å²) in [5.74, 6) is -0.219. The number of hydrogen-bond acceptors (Lipinski definition) is 6. The summed E-state index contributed by atoms with van der Waals surface area (Å²) in [6.07, 6.45) is 3.03. The first-order valence-electron chi connectivity index (χ1n) is 11.2. The van der Waals surface area contributed by atoms with Gasteiger partial charge in [0.2, 0.25) is 0 Å². The SMILES string of the molecule is Cc1ccc(C(=O)N/C(=C/c2ccco2)C(=O)N2CCN(c3ccc([N+](=O)[O-])cc3)CC2)cc1C. The number of nitrogens with one attached hydrogen (secondary N) is 1. The van der Waals surface area contributed by atoms with Gasteiger partial charge in [-0.15, -0.1) is 0 Å². The lowest BCUT2D eigenvalue weighted by molar-refractivity contribution is -0.384. The fourth-order valence-electron chi connectivity index (χ4n) is 3.87. The average Bonchev–Trinajstić information content (AvgIpc) is 3.38. The number of rotatable bonds is 6. The molecule has 0 aliphatic carbocycles. The van der Waals surface area contributed by atoms with Gasteiger partial charge in [-0.1, -0.05) is 6.07 Å². The van der Waals surface area contributed by atoms with Crippen LogP contribution in [-0.4, -0.2) is 47.8 Å². The summed E-state index contributed by atoms with van der Waals surface area (Å²) in [6.45, 7) is 5.89.